The van der Waals surface area contributed by atoms with Crippen molar-refractivity contribution >= 4 is 18.0 Å². The highest BCUT2D eigenvalue weighted by Crippen LogP contribution is 2.28. The predicted molar refractivity (Wildman–Crippen MR) is 97.3 cm³/mol. The lowest BCUT2D eigenvalue weighted by Crippen LogP contribution is -2.59. The minimum atomic E-state index is -2.21. The first-order chi connectivity index (χ1) is 12.6. The van der Waals surface area contributed by atoms with Crippen molar-refractivity contribution in [3.63, 3.8) is 0 Å². The third-order valence-corrected chi connectivity index (χ3v) is 3.37. The molecule has 0 aliphatic carbocycles. The molecule has 0 fully saturated rings. The molecule has 0 bridgehead atoms. The van der Waals surface area contributed by atoms with E-state index in [1.807, 2.05) is 0 Å². The van der Waals surface area contributed by atoms with E-state index in [0.29, 0.717) is 5.75 Å². The number of nitrogens with one attached hydrogen (secondary N) is 1. The second-order valence-corrected chi connectivity index (χ2v) is 6.55. The van der Waals surface area contributed by atoms with Crippen molar-refractivity contribution < 1.29 is 33.3 Å². The summed E-state index contributed by atoms with van der Waals surface area (Å²) in [7, 11) is 1.48. The summed E-state index contributed by atoms with van der Waals surface area (Å²) in [6.07, 6.45) is -0.959. The molecule has 0 saturated carbocycles. The van der Waals surface area contributed by atoms with Crippen LogP contribution >= 0.6 is 0 Å². The number of esters is 2. The number of ether oxygens (including phenoxy) is 4. The van der Waals surface area contributed by atoms with Gasteiger partial charge in [-0.25, -0.2) is 14.4 Å². The zero-order chi connectivity index (χ0) is 20.7. The summed E-state index contributed by atoms with van der Waals surface area (Å²) >= 11 is 0. The fraction of sp³-hybridized carbons (Fsp3) is 0.526. The SMILES string of the molecule is CCOC(=O)C(NC(=O)OC(C)(C)C)(C(=O)OCC)c1ccc(OC)cc1. The third-order valence-electron chi connectivity index (χ3n) is 3.37. The summed E-state index contributed by atoms with van der Waals surface area (Å²) in [6, 6.07) is 6.06. The van der Waals surface area contributed by atoms with Crippen LogP contribution in [0, 0.1) is 0 Å². The fourth-order valence-corrected chi connectivity index (χ4v) is 2.27. The highest BCUT2D eigenvalue weighted by Gasteiger charge is 2.53. The molecule has 0 aromatic heterocycles. The summed E-state index contributed by atoms with van der Waals surface area (Å²) in [4.78, 5) is 38.0. The van der Waals surface area contributed by atoms with Crippen LogP contribution in [0.2, 0.25) is 0 Å². The molecule has 1 amide bonds. The van der Waals surface area contributed by atoms with Gasteiger partial charge >= 0.3 is 18.0 Å². The van der Waals surface area contributed by atoms with Gasteiger partial charge in [-0.1, -0.05) is 12.1 Å². The number of rotatable bonds is 7. The Morgan fingerprint density at radius 3 is 1.78 bits per heavy atom. The predicted octanol–water partition coefficient (Wildman–Crippen LogP) is 2.54. The van der Waals surface area contributed by atoms with Crippen molar-refractivity contribution in [1.82, 2.24) is 5.32 Å². The summed E-state index contributed by atoms with van der Waals surface area (Å²) in [5, 5.41) is 2.36. The summed E-state index contributed by atoms with van der Waals surface area (Å²) in [5.74, 6) is -1.43. The zero-order valence-corrected chi connectivity index (χ0v) is 16.6. The second-order valence-electron chi connectivity index (χ2n) is 6.55. The molecule has 150 valence electrons. The van der Waals surface area contributed by atoms with Gasteiger partial charge in [0.1, 0.15) is 11.4 Å². The molecule has 0 spiro atoms. The number of alkyl carbamates (subject to hydrolysis) is 1. The second kappa shape index (κ2) is 9.25. The Morgan fingerprint density at radius 2 is 1.41 bits per heavy atom. The molecule has 1 rings (SSSR count). The number of hydrogen-bond acceptors (Lipinski definition) is 7. The maximum atomic E-state index is 12.8. The molecule has 1 N–H and O–H groups in total. The highest BCUT2D eigenvalue weighted by molar-refractivity contribution is 6.08. The van der Waals surface area contributed by atoms with Gasteiger partial charge in [0.25, 0.3) is 5.54 Å². The monoisotopic (exact) mass is 381 g/mol. The summed E-state index contributed by atoms with van der Waals surface area (Å²) in [6.45, 7) is 8.19. The van der Waals surface area contributed by atoms with Crippen LogP contribution in [0.5, 0.6) is 5.75 Å². The molecule has 1 aromatic carbocycles. The summed E-state index contributed by atoms with van der Waals surface area (Å²) in [5.41, 5.74) is -2.88. The van der Waals surface area contributed by atoms with Crippen molar-refractivity contribution in [1.29, 1.82) is 0 Å². The van der Waals surface area contributed by atoms with Crippen molar-refractivity contribution in [2.75, 3.05) is 20.3 Å². The van der Waals surface area contributed by atoms with Gasteiger partial charge in [-0.3, -0.25) is 5.32 Å². The van der Waals surface area contributed by atoms with Gasteiger partial charge in [0, 0.05) is 5.56 Å². The Balaban J connectivity index is 3.49. The van der Waals surface area contributed by atoms with Crippen LogP contribution in [-0.4, -0.2) is 44.0 Å². The van der Waals surface area contributed by atoms with Crippen LogP contribution in [0.4, 0.5) is 4.79 Å². The van der Waals surface area contributed by atoms with E-state index in [1.165, 1.54) is 19.2 Å². The molecular weight excluding hydrogens is 354 g/mol. The highest BCUT2D eigenvalue weighted by atomic mass is 16.6. The van der Waals surface area contributed by atoms with E-state index in [2.05, 4.69) is 5.32 Å². The van der Waals surface area contributed by atoms with Gasteiger partial charge in [0.15, 0.2) is 0 Å². The first-order valence-corrected chi connectivity index (χ1v) is 8.60. The molecule has 8 heteroatoms. The number of hydrogen-bond donors (Lipinski definition) is 1. The topological polar surface area (TPSA) is 100 Å². The third kappa shape index (κ3) is 5.60. The number of benzene rings is 1. The lowest BCUT2D eigenvalue weighted by molar-refractivity contribution is -0.167. The Kier molecular flexibility index (Phi) is 7.63. The normalized spacial score (nSPS) is 11.3. The Labute approximate surface area is 159 Å². The standard InChI is InChI=1S/C19H27NO7/c1-7-25-15(21)19(16(22)26-8-2,20-17(23)27-18(3,4)5)13-9-11-14(24-6)12-10-13/h9-12H,7-8H2,1-6H3,(H,20,23). The molecule has 27 heavy (non-hydrogen) atoms. The molecule has 0 saturated heterocycles. The smallest absolute Gasteiger partial charge is 0.409 e. The minimum absolute atomic E-state index is 0.00609. The van der Waals surface area contributed by atoms with E-state index in [-0.39, 0.29) is 18.8 Å². The Bertz CT molecular complexity index is 644. The fourth-order valence-electron chi connectivity index (χ4n) is 2.27. The van der Waals surface area contributed by atoms with Crippen LogP contribution in [0.25, 0.3) is 0 Å². The number of carbonyl (C=O) groups excluding carboxylic acids is 3. The van der Waals surface area contributed by atoms with Crippen LogP contribution in [-0.2, 0) is 29.3 Å². The van der Waals surface area contributed by atoms with E-state index in [9.17, 15) is 14.4 Å². The van der Waals surface area contributed by atoms with Crippen molar-refractivity contribution in [2.45, 2.75) is 45.8 Å². The van der Waals surface area contributed by atoms with Crippen molar-refractivity contribution in [3.05, 3.63) is 29.8 Å². The lowest BCUT2D eigenvalue weighted by atomic mass is 9.89. The molecular formula is C19H27NO7. The molecule has 1 aromatic rings. The molecule has 0 radical (unpaired) electrons. The molecule has 0 atom stereocenters. The van der Waals surface area contributed by atoms with Crippen LogP contribution in [0.15, 0.2) is 24.3 Å². The summed E-state index contributed by atoms with van der Waals surface area (Å²) < 4.78 is 20.5. The maximum Gasteiger partial charge on any atom is 0.409 e. The maximum absolute atomic E-state index is 12.8. The molecule has 0 aliphatic rings. The minimum Gasteiger partial charge on any atom is -0.497 e. The van der Waals surface area contributed by atoms with E-state index in [1.54, 1.807) is 46.8 Å². The van der Waals surface area contributed by atoms with E-state index in [0.717, 1.165) is 0 Å². The first kappa shape index (κ1) is 22.3. The zero-order valence-electron chi connectivity index (χ0n) is 16.6. The molecule has 0 aliphatic heterocycles. The van der Waals surface area contributed by atoms with Crippen molar-refractivity contribution in [2.24, 2.45) is 0 Å². The Hall–Kier alpha value is -2.77. The van der Waals surface area contributed by atoms with Gasteiger partial charge in [0.2, 0.25) is 0 Å². The van der Waals surface area contributed by atoms with Crippen LogP contribution < -0.4 is 10.1 Å². The number of methoxy groups -OCH3 is 1. The van der Waals surface area contributed by atoms with E-state index in [4.69, 9.17) is 18.9 Å². The average molecular weight is 381 g/mol. The van der Waals surface area contributed by atoms with E-state index >= 15 is 0 Å². The van der Waals surface area contributed by atoms with Gasteiger partial charge in [0.05, 0.1) is 20.3 Å². The molecule has 0 unspecified atom stereocenters. The van der Waals surface area contributed by atoms with Gasteiger partial charge in [-0.05, 0) is 46.8 Å². The van der Waals surface area contributed by atoms with Gasteiger partial charge < -0.3 is 18.9 Å². The number of carbonyl (C=O) groups is 3. The number of amides is 1. The average Bonchev–Trinajstić information content (AvgIpc) is 2.58. The molecule has 0 heterocycles. The first-order valence-electron chi connectivity index (χ1n) is 8.60. The van der Waals surface area contributed by atoms with Gasteiger partial charge in [-0.2, -0.15) is 0 Å². The lowest BCUT2D eigenvalue weighted by Gasteiger charge is -2.31. The van der Waals surface area contributed by atoms with Crippen LogP contribution in [0.1, 0.15) is 40.2 Å². The van der Waals surface area contributed by atoms with Crippen molar-refractivity contribution in [3.8, 4) is 5.75 Å². The van der Waals surface area contributed by atoms with Crippen LogP contribution in [0.3, 0.4) is 0 Å². The largest absolute Gasteiger partial charge is 0.497 e. The quantitative estimate of drug-likeness (QED) is 0.440. The molecule has 8 nitrogen and oxygen atoms in total. The van der Waals surface area contributed by atoms with E-state index < -0.39 is 29.2 Å². The van der Waals surface area contributed by atoms with Gasteiger partial charge in [-0.15, -0.1) is 0 Å². The Morgan fingerprint density at radius 1 is 0.926 bits per heavy atom.